The Kier molecular flexibility index (Phi) is 3.98. The van der Waals surface area contributed by atoms with Crippen LogP contribution in [0.3, 0.4) is 0 Å². The van der Waals surface area contributed by atoms with Gasteiger partial charge in [-0.2, -0.15) is 0 Å². The van der Waals surface area contributed by atoms with Crippen LogP contribution in [0.25, 0.3) is 0 Å². The maximum Gasteiger partial charge on any atom is 0.0582 e. The smallest absolute Gasteiger partial charge is 0.0582 e. The van der Waals surface area contributed by atoms with Crippen molar-refractivity contribution in [2.45, 2.75) is 31.8 Å². The van der Waals surface area contributed by atoms with Crippen LogP contribution < -0.4 is 5.32 Å². The molecular weight excluding hydrogens is 152 g/mol. The predicted molar refractivity (Wildman–Crippen MR) is 50.2 cm³/mol. The maximum absolute atomic E-state index is 8.86. The number of hydrogen-bond acceptors (Lipinski definition) is 3. The molecular formula is C9H20N2O. The molecule has 3 nitrogen and oxygen atoms in total. The third-order valence-electron chi connectivity index (χ3n) is 2.42. The molecule has 0 radical (unpaired) electrons. The molecule has 0 bridgehead atoms. The lowest BCUT2D eigenvalue weighted by Crippen LogP contribution is -2.48. The average molecular weight is 172 g/mol. The van der Waals surface area contributed by atoms with E-state index in [0.29, 0.717) is 6.04 Å². The van der Waals surface area contributed by atoms with Crippen molar-refractivity contribution in [2.24, 2.45) is 0 Å². The van der Waals surface area contributed by atoms with Crippen LogP contribution in [0.4, 0.5) is 0 Å². The van der Waals surface area contributed by atoms with Gasteiger partial charge in [-0.25, -0.2) is 0 Å². The summed E-state index contributed by atoms with van der Waals surface area (Å²) in [5.74, 6) is 0. The van der Waals surface area contributed by atoms with E-state index in [1.165, 1.54) is 19.4 Å². The minimum absolute atomic E-state index is 0.236. The molecule has 1 aliphatic rings. The fourth-order valence-corrected chi connectivity index (χ4v) is 1.76. The molecule has 0 aromatic rings. The summed E-state index contributed by atoms with van der Waals surface area (Å²) < 4.78 is 0. The molecule has 72 valence electrons. The molecule has 1 fully saturated rings. The number of likely N-dealkylation sites (tertiary alicyclic amines) is 1. The van der Waals surface area contributed by atoms with Crippen molar-refractivity contribution >= 4 is 0 Å². The van der Waals surface area contributed by atoms with E-state index in [-0.39, 0.29) is 12.6 Å². The van der Waals surface area contributed by atoms with Crippen LogP contribution in [0.2, 0.25) is 0 Å². The Morgan fingerprint density at radius 1 is 1.67 bits per heavy atom. The van der Waals surface area contributed by atoms with Gasteiger partial charge in [-0.1, -0.05) is 0 Å². The molecule has 0 saturated carbocycles. The SMILES string of the molecule is C[C@H](CO)NC1CCCN(C)C1. The number of hydrogen-bond donors (Lipinski definition) is 2. The Morgan fingerprint density at radius 2 is 2.42 bits per heavy atom. The van der Waals surface area contributed by atoms with Crippen LogP contribution in [0, 0.1) is 0 Å². The monoisotopic (exact) mass is 172 g/mol. The minimum Gasteiger partial charge on any atom is -0.395 e. The number of likely N-dealkylation sites (N-methyl/N-ethyl adjacent to an activating group) is 1. The molecule has 0 aromatic carbocycles. The van der Waals surface area contributed by atoms with Crippen molar-refractivity contribution in [3.63, 3.8) is 0 Å². The van der Waals surface area contributed by atoms with Crippen molar-refractivity contribution < 1.29 is 5.11 Å². The first-order chi connectivity index (χ1) is 5.72. The summed E-state index contributed by atoms with van der Waals surface area (Å²) in [7, 11) is 2.15. The Balaban J connectivity index is 2.22. The minimum atomic E-state index is 0.236. The van der Waals surface area contributed by atoms with Crippen molar-refractivity contribution in [3.8, 4) is 0 Å². The first-order valence-corrected chi connectivity index (χ1v) is 4.78. The van der Waals surface area contributed by atoms with Crippen molar-refractivity contribution in [1.82, 2.24) is 10.2 Å². The summed E-state index contributed by atoms with van der Waals surface area (Å²) in [6.07, 6.45) is 2.51. The quantitative estimate of drug-likeness (QED) is 0.631. The molecule has 1 saturated heterocycles. The standard InChI is InChI=1S/C9H20N2O/c1-8(7-12)10-9-4-3-5-11(2)6-9/h8-10,12H,3-7H2,1-2H3/t8-,9?/m1/s1. The van der Waals surface area contributed by atoms with Gasteiger partial charge < -0.3 is 15.3 Å². The van der Waals surface area contributed by atoms with Gasteiger partial charge in [0.25, 0.3) is 0 Å². The first-order valence-electron chi connectivity index (χ1n) is 4.78. The highest BCUT2D eigenvalue weighted by Crippen LogP contribution is 2.08. The van der Waals surface area contributed by atoms with Gasteiger partial charge in [0.15, 0.2) is 0 Å². The Bertz CT molecular complexity index is 130. The molecule has 12 heavy (non-hydrogen) atoms. The third kappa shape index (κ3) is 3.09. The molecule has 3 heteroatoms. The summed E-state index contributed by atoms with van der Waals surface area (Å²) in [6, 6.07) is 0.812. The van der Waals surface area contributed by atoms with E-state index in [2.05, 4.69) is 17.3 Å². The topological polar surface area (TPSA) is 35.5 Å². The molecule has 0 spiro atoms. The lowest BCUT2D eigenvalue weighted by atomic mass is 10.1. The fraction of sp³-hybridized carbons (Fsp3) is 1.00. The fourth-order valence-electron chi connectivity index (χ4n) is 1.76. The highest BCUT2D eigenvalue weighted by Gasteiger charge is 2.17. The average Bonchev–Trinajstić information content (AvgIpc) is 2.04. The molecule has 2 N–H and O–H groups in total. The number of nitrogens with zero attached hydrogens (tertiary/aromatic N) is 1. The second-order valence-electron chi connectivity index (χ2n) is 3.85. The summed E-state index contributed by atoms with van der Waals surface area (Å²) in [5.41, 5.74) is 0. The van der Waals surface area contributed by atoms with Gasteiger partial charge in [0.1, 0.15) is 0 Å². The van der Waals surface area contributed by atoms with Crippen LogP contribution in [0.5, 0.6) is 0 Å². The van der Waals surface area contributed by atoms with Gasteiger partial charge in [0.05, 0.1) is 6.61 Å². The molecule has 0 aliphatic carbocycles. The third-order valence-corrected chi connectivity index (χ3v) is 2.42. The lowest BCUT2D eigenvalue weighted by molar-refractivity contribution is 0.189. The van der Waals surface area contributed by atoms with E-state index >= 15 is 0 Å². The summed E-state index contributed by atoms with van der Waals surface area (Å²) in [6.45, 7) is 4.59. The number of rotatable bonds is 3. The normalized spacial score (nSPS) is 28.8. The van der Waals surface area contributed by atoms with Crippen LogP contribution in [0.15, 0.2) is 0 Å². The second-order valence-corrected chi connectivity index (χ2v) is 3.85. The van der Waals surface area contributed by atoms with Gasteiger partial charge in [-0.05, 0) is 33.4 Å². The highest BCUT2D eigenvalue weighted by atomic mass is 16.3. The number of aliphatic hydroxyl groups excluding tert-OH is 1. The predicted octanol–water partition coefficient (Wildman–Crippen LogP) is 0.0510. The summed E-state index contributed by atoms with van der Waals surface area (Å²) in [4.78, 5) is 2.34. The molecule has 0 amide bonds. The van der Waals surface area contributed by atoms with Crippen LogP contribution in [0.1, 0.15) is 19.8 Å². The van der Waals surface area contributed by atoms with Gasteiger partial charge in [-0.3, -0.25) is 0 Å². The Hall–Kier alpha value is -0.120. The van der Waals surface area contributed by atoms with Gasteiger partial charge in [0.2, 0.25) is 0 Å². The molecule has 1 rings (SSSR count). The summed E-state index contributed by atoms with van der Waals surface area (Å²) >= 11 is 0. The highest BCUT2D eigenvalue weighted by molar-refractivity contribution is 4.78. The van der Waals surface area contributed by atoms with Crippen LogP contribution in [-0.4, -0.2) is 48.8 Å². The van der Waals surface area contributed by atoms with Gasteiger partial charge in [-0.15, -0.1) is 0 Å². The van der Waals surface area contributed by atoms with E-state index in [0.717, 1.165) is 6.54 Å². The molecule has 1 unspecified atom stereocenters. The van der Waals surface area contributed by atoms with Crippen LogP contribution in [-0.2, 0) is 0 Å². The molecule has 1 heterocycles. The van der Waals surface area contributed by atoms with E-state index in [1.807, 2.05) is 6.92 Å². The van der Waals surface area contributed by atoms with Crippen LogP contribution >= 0.6 is 0 Å². The molecule has 0 aromatic heterocycles. The van der Waals surface area contributed by atoms with Crippen molar-refractivity contribution in [2.75, 3.05) is 26.7 Å². The zero-order chi connectivity index (χ0) is 8.97. The van der Waals surface area contributed by atoms with E-state index in [9.17, 15) is 0 Å². The lowest BCUT2D eigenvalue weighted by Gasteiger charge is -2.31. The second kappa shape index (κ2) is 4.80. The number of aliphatic hydroxyl groups is 1. The summed E-state index contributed by atoms with van der Waals surface area (Å²) in [5, 5.41) is 12.3. The zero-order valence-electron chi connectivity index (χ0n) is 8.08. The number of nitrogens with one attached hydrogen (secondary N) is 1. The first kappa shape index (κ1) is 9.96. The molecule has 1 aliphatic heterocycles. The maximum atomic E-state index is 8.86. The largest absolute Gasteiger partial charge is 0.395 e. The van der Waals surface area contributed by atoms with Crippen molar-refractivity contribution in [1.29, 1.82) is 0 Å². The molecule has 2 atom stereocenters. The number of piperidine rings is 1. The van der Waals surface area contributed by atoms with E-state index in [1.54, 1.807) is 0 Å². The van der Waals surface area contributed by atoms with E-state index < -0.39 is 0 Å². The van der Waals surface area contributed by atoms with Gasteiger partial charge >= 0.3 is 0 Å². The Labute approximate surface area is 74.8 Å². The zero-order valence-corrected chi connectivity index (χ0v) is 8.08. The Morgan fingerprint density at radius 3 is 3.00 bits per heavy atom. The van der Waals surface area contributed by atoms with Crippen molar-refractivity contribution in [3.05, 3.63) is 0 Å². The van der Waals surface area contributed by atoms with E-state index in [4.69, 9.17) is 5.11 Å². The van der Waals surface area contributed by atoms with Gasteiger partial charge in [0, 0.05) is 18.6 Å².